The Morgan fingerprint density at radius 3 is 1.64 bits per heavy atom. The zero-order chi connectivity index (χ0) is 19.7. The van der Waals surface area contributed by atoms with Crippen LogP contribution in [-0.4, -0.2) is 30.2 Å². The summed E-state index contributed by atoms with van der Waals surface area (Å²) < 4.78 is 11.0. The van der Waals surface area contributed by atoms with E-state index in [1.165, 1.54) is 19.1 Å². The average molecular weight is 374 g/mol. The van der Waals surface area contributed by atoms with Crippen molar-refractivity contribution in [2.75, 3.05) is 19.1 Å². The Hall–Kier alpha value is -3.87. The summed E-state index contributed by atoms with van der Waals surface area (Å²) in [6, 6.07) is 17.9. The number of urea groups is 1. The number of nitrogens with zero attached hydrogens (tertiary/aromatic N) is 3. The van der Waals surface area contributed by atoms with Gasteiger partial charge in [0.25, 0.3) is 0 Å². The second-order valence-electron chi connectivity index (χ2n) is 6.09. The van der Waals surface area contributed by atoms with E-state index < -0.39 is 6.03 Å². The van der Waals surface area contributed by atoms with Crippen molar-refractivity contribution in [3.05, 3.63) is 60.7 Å². The molecule has 2 amide bonds. The Morgan fingerprint density at radius 2 is 1.25 bits per heavy atom. The SMILES string of the molecule is COc1cc2ccccc2nc1N(C(N)=O)c1nc2ccccc2cc1OC. The molecule has 7 nitrogen and oxygen atoms in total. The number of aromatic nitrogens is 2. The first-order valence-corrected chi connectivity index (χ1v) is 8.59. The second kappa shape index (κ2) is 7.03. The number of benzene rings is 2. The number of anilines is 2. The van der Waals surface area contributed by atoms with Crippen molar-refractivity contribution in [2.45, 2.75) is 0 Å². The van der Waals surface area contributed by atoms with E-state index >= 15 is 0 Å². The lowest BCUT2D eigenvalue weighted by Gasteiger charge is -2.23. The van der Waals surface area contributed by atoms with Gasteiger partial charge in [0.15, 0.2) is 23.1 Å². The van der Waals surface area contributed by atoms with Gasteiger partial charge in [-0.25, -0.2) is 19.7 Å². The number of ether oxygens (including phenoxy) is 2. The van der Waals surface area contributed by atoms with Crippen molar-refractivity contribution in [3.8, 4) is 11.5 Å². The predicted molar refractivity (Wildman–Crippen MR) is 108 cm³/mol. The molecule has 4 aromatic rings. The van der Waals surface area contributed by atoms with Crippen LogP contribution in [0.4, 0.5) is 16.4 Å². The van der Waals surface area contributed by atoms with Crippen LogP contribution >= 0.6 is 0 Å². The summed E-state index contributed by atoms with van der Waals surface area (Å²) in [4.78, 5) is 22.9. The molecule has 0 saturated heterocycles. The van der Waals surface area contributed by atoms with E-state index in [1.54, 1.807) is 12.1 Å². The molecule has 2 N–H and O–H groups in total. The van der Waals surface area contributed by atoms with Crippen LogP contribution in [0.25, 0.3) is 21.8 Å². The van der Waals surface area contributed by atoms with Gasteiger partial charge in [0.05, 0.1) is 25.3 Å². The lowest BCUT2D eigenvalue weighted by atomic mass is 10.2. The Labute approximate surface area is 161 Å². The van der Waals surface area contributed by atoms with Crippen molar-refractivity contribution >= 4 is 39.5 Å². The van der Waals surface area contributed by atoms with Crippen LogP contribution in [0.3, 0.4) is 0 Å². The molecule has 0 aliphatic carbocycles. The number of nitrogens with two attached hydrogens (primary N) is 1. The minimum Gasteiger partial charge on any atom is -0.493 e. The van der Waals surface area contributed by atoms with Crippen LogP contribution in [-0.2, 0) is 0 Å². The maximum absolute atomic E-state index is 12.5. The molecule has 2 heterocycles. The maximum atomic E-state index is 12.5. The van der Waals surface area contributed by atoms with E-state index in [2.05, 4.69) is 9.97 Å². The summed E-state index contributed by atoms with van der Waals surface area (Å²) in [7, 11) is 3.03. The third-order valence-corrected chi connectivity index (χ3v) is 4.42. The molecule has 0 bridgehead atoms. The van der Waals surface area contributed by atoms with Gasteiger partial charge >= 0.3 is 6.03 Å². The highest BCUT2D eigenvalue weighted by atomic mass is 16.5. The Balaban J connectivity index is 1.99. The fraction of sp³-hybridized carbons (Fsp3) is 0.0952. The largest absolute Gasteiger partial charge is 0.493 e. The van der Waals surface area contributed by atoms with Crippen LogP contribution in [0, 0.1) is 0 Å². The van der Waals surface area contributed by atoms with Crippen molar-refractivity contribution in [2.24, 2.45) is 5.73 Å². The number of fused-ring (bicyclic) bond motifs is 2. The number of primary amides is 1. The summed E-state index contributed by atoms with van der Waals surface area (Å²) in [5.74, 6) is 1.29. The zero-order valence-electron chi connectivity index (χ0n) is 15.4. The highest BCUT2D eigenvalue weighted by Crippen LogP contribution is 2.38. The van der Waals surface area contributed by atoms with Gasteiger partial charge in [0.1, 0.15) is 0 Å². The summed E-state index contributed by atoms with van der Waals surface area (Å²) in [6.07, 6.45) is 0. The maximum Gasteiger partial charge on any atom is 0.326 e. The molecule has 0 fully saturated rings. The molecule has 0 spiro atoms. The number of rotatable bonds is 4. The molecular weight excluding hydrogens is 356 g/mol. The smallest absolute Gasteiger partial charge is 0.326 e. The zero-order valence-corrected chi connectivity index (χ0v) is 15.4. The summed E-state index contributed by atoms with van der Waals surface area (Å²) in [5.41, 5.74) is 7.13. The van der Waals surface area contributed by atoms with Gasteiger partial charge in [-0.05, 0) is 24.3 Å². The van der Waals surface area contributed by atoms with E-state index in [0.717, 1.165) is 10.8 Å². The number of carbonyl (C=O) groups excluding carboxylic acids is 1. The minimum atomic E-state index is -0.748. The van der Waals surface area contributed by atoms with E-state index in [9.17, 15) is 4.79 Å². The summed E-state index contributed by atoms with van der Waals surface area (Å²) in [6.45, 7) is 0. The monoisotopic (exact) mass is 374 g/mol. The highest BCUT2D eigenvalue weighted by molar-refractivity contribution is 6.02. The van der Waals surface area contributed by atoms with Gasteiger partial charge in [-0.15, -0.1) is 0 Å². The van der Waals surface area contributed by atoms with E-state index in [0.29, 0.717) is 22.5 Å². The molecule has 2 aromatic carbocycles. The van der Waals surface area contributed by atoms with E-state index in [-0.39, 0.29) is 11.6 Å². The van der Waals surface area contributed by atoms with Gasteiger partial charge in [0, 0.05) is 10.8 Å². The van der Waals surface area contributed by atoms with Gasteiger partial charge in [0.2, 0.25) is 0 Å². The average Bonchev–Trinajstić information content (AvgIpc) is 2.72. The van der Waals surface area contributed by atoms with Crippen molar-refractivity contribution in [3.63, 3.8) is 0 Å². The quantitative estimate of drug-likeness (QED) is 0.583. The molecule has 0 radical (unpaired) electrons. The number of carbonyl (C=O) groups is 1. The van der Waals surface area contributed by atoms with E-state index in [1.807, 2.05) is 48.5 Å². The Morgan fingerprint density at radius 1 is 0.821 bits per heavy atom. The van der Waals surface area contributed by atoms with E-state index in [4.69, 9.17) is 15.2 Å². The molecule has 0 unspecified atom stereocenters. The fourth-order valence-electron chi connectivity index (χ4n) is 3.10. The van der Waals surface area contributed by atoms with Crippen LogP contribution in [0.2, 0.25) is 0 Å². The molecule has 7 heteroatoms. The minimum absolute atomic E-state index is 0.245. The molecular formula is C21H18N4O3. The summed E-state index contributed by atoms with van der Waals surface area (Å²) >= 11 is 0. The van der Waals surface area contributed by atoms with Crippen LogP contribution < -0.4 is 20.1 Å². The van der Waals surface area contributed by atoms with Crippen LogP contribution in [0.1, 0.15) is 0 Å². The lowest BCUT2D eigenvalue weighted by molar-refractivity contribution is 0.255. The molecule has 2 aromatic heterocycles. The number of pyridine rings is 2. The van der Waals surface area contributed by atoms with Crippen LogP contribution in [0.15, 0.2) is 60.7 Å². The molecule has 0 saturated carbocycles. The molecule has 140 valence electrons. The van der Waals surface area contributed by atoms with Crippen molar-refractivity contribution in [1.29, 1.82) is 0 Å². The third kappa shape index (κ3) is 2.92. The normalized spacial score (nSPS) is 10.8. The first kappa shape index (κ1) is 17.5. The Bertz CT molecular complexity index is 1110. The summed E-state index contributed by atoms with van der Waals surface area (Å²) in [5, 5.41) is 1.76. The lowest BCUT2D eigenvalue weighted by Crippen LogP contribution is -2.33. The molecule has 28 heavy (non-hydrogen) atoms. The number of methoxy groups -OCH3 is 2. The number of hydrogen-bond acceptors (Lipinski definition) is 5. The first-order chi connectivity index (χ1) is 13.6. The number of amides is 2. The van der Waals surface area contributed by atoms with Crippen molar-refractivity contribution < 1.29 is 14.3 Å². The van der Waals surface area contributed by atoms with Crippen molar-refractivity contribution in [1.82, 2.24) is 9.97 Å². The Kier molecular flexibility index (Phi) is 4.41. The number of para-hydroxylation sites is 2. The molecule has 0 aliphatic heterocycles. The van der Waals surface area contributed by atoms with Gasteiger partial charge in [-0.2, -0.15) is 0 Å². The standard InChI is InChI=1S/C21H18N4O3/c1-27-17-11-13-7-3-5-9-15(13)23-19(17)25(21(22)26)20-18(28-2)12-14-8-4-6-10-16(14)24-20/h3-12H,1-2H3,(H2,22,26). The highest BCUT2D eigenvalue weighted by Gasteiger charge is 2.26. The molecule has 0 atom stereocenters. The van der Waals surface area contributed by atoms with Crippen LogP contribution in [0.5, 0.6) is 11.5 Å². The first-order valence-electron chi connectivity index (χ1n) is 8.59. The second-order valence-corrected chi connectivity index (χ2v) is 6.09. The van der Waals surface area contributed by atoms with Gasteiger partial charge in [-0.3, -0.25) is 0 Å². The van der Waals surface area contributed by atoms with Gasteiger partial charge < -0.3 is 15.2 Å². The molecule has 4 rings (SSSR count). The fourth-order valence-corrected chi connectivity index (χ4v) is 3.10. The number of hydrogen-bond donors (Lipinski definition) is 1. The third-order valence-electron chi connectivity index (χ3n) is 4.42. The topological polar surface area (TPSA) is 90.6 Å². The molecule has 0 aliphatic rings. The van der Waals surface area contributed by atoms with Gasteiger partial charge in [-0.1, -0.05) is 36.4 Å². The predicted octanol–water partition coefficient (Wildman–Crippen LogP) is 4.02.